The molecule has 3 fully saturated rings. The minimum absolute atomic E-state index is 0.0207. The first kappa shape index (κ1) is 11.0. The van der Waals surface area contributed by atoms with Crippen molar-refractivity contribution in [3.63, 3.8) is 0 Å². The lowest BCUT2D eigenvalue weighted by molar-refractivity contribution is -0.104. The van der Waals surface area contributed by atoms with Crippen molar-refractivity contribution in [3.05, 3.63) is 0 Å². The van der Waals surface area contributed by atoms with Crippen molar-refractivity contribution in [1.29, 1.82) is 0 Å². The molecule has 3 rings (SSSR count). The van der Waals surface area contributed by atoms with E-state index in [0.29, 0.717) is 12.0 Å². The molecule has 0 amide bonds. The van der Waals surface area contributed by atoms with Crippen LogP contribution >= 0.6 is 0 Å². The Labute approximate surface area is 96.8 Å². The first-order valence-electron chi connectivity index (χ1n) is 6.51. The topological polar surface area (TPSA) is 56.5 Å². The molecule has 3 atom stereocenters. The van der Waals surface area contributed by atoms with Gasteiger partial charge in [0.05, 0.1) is 12.2 Å². The monoisotopic (exact) mass is 226 g/mol. The number of rotatable bonds is 3. The fourth-order valence-electron chi connectivity index (χ4n) is 3.35. The van der Waals surface area contributed by atoms with E-state index in [1.807, 2.05) is 0 Å². The Morgan fingerprint density at radius 2 is 2.06 bits per heavy atom. The van der Waals surface area contributed by atoms with Gasteiger partial charge in [0.2, 0.25) is 0 Å². The number of nitrogens with two attached hydrogens (primary N) is 1. The molecule has 0 radical (unpaired) electrons. The lowest BCUT2D eigenvalue weighted by atomic mass is 9.80. The van der Waals surface area contributed by atoms with Gasteiger partial charge in [0.1, 0.15) is 0 Å². The minimum atomic E-state index is 0.0207. The molecule has 2 heterocycles. The molecule has 0 aromatic rings. The average Bonchev–Trinajstić information content (AvgIpc) is 3.03. The third-order valence-electron chi connectivity index (χ3n) is 4.43. The zero-order valence-electron chi connectivity index (χ0n) is 9.78. The number of hydrogen-bond donors (Lipinski definition) is 2. The maximum absolute atomic E-state index is 5.96. The summed E-state index contributed by atoms with van der Waals surface area (Å²) in [4.78, 5) is 0. The molecule has 16 heavy (non-hydrogen) atoms. The van der Waals surface area contributed by atoms with Crippen molar-refractivity contribution in [2.45, 2.75) is 43.7 Å². The van der Waals surface area contributed by atoms with Gasteiger partial charge < -0.3 is 9.47 Å². The molecule has 0 bridgehead atoms. The summed E-state index contributed by atoms with van der Waals surface area (Å²) in [7, 11) is 0. The number of hydrogen-bond acceptors (Lipinski definition) is 4. The highest BCUT2D eigenvalue weighted by Crippen LogP contribution is 2.43. The number of ether oxygens (including phenoxy) is 2. The van der Waals surface area contributed by atoms with Crippen LogP contribution in [-0.2, 0) is 9.47 Å². The van der Waals surface area contributed by atoms with Gasteiger partial charge >= 0.3 is 0 Å². The molecule has 2 saturated heterocycles. The lowest BCUT2D eigenvalue weighted by Crippen LogP contribution is -2.50. The summed E-state index contributed by atoms with van der Waals surface area (Å²) >= 11 is 0. The largest absolute Gasteiger partial charge is 0.378 e. The first-order valence-corrected chi connectivity index (χ1v) is 6.51. The SMILES string of the molecule is NNC(C1CC1)C1CCOC2(CCOC2)C1. The van der Waals surface area contributed by atoms with Gasteiger partial charge in [0, 0.05) is 25.7 Å². The number of hydrazine groups is 1. The fraction of sp³-hybridized carbons (Fsp3) is 1.00. The molecule has 2 aliphatic heterocycles. The predicted molar refractivity (Wildman–Crippen MR) is 60.7 cm³/mol. The van der Waals surface area contributed by atoms with Gasteiger partial charge in [-0.15, -0.1) is 0 Å². The van der Waals surface area contributed by atoms with Crippen molar-refractivity contribution in [2.75, 3.05) is 19.8 Å². The van der Waals surface area contributed by atoms with E-state index in [0.717, 1.165) is 45.0 Å². The summed E-state index contributed by atoms with van der Waals surface area (Å²) in [5.41, 5.74) is 3.06. The van der Waals surface area contributed by atoms with Crippen molar-refractivity contribution < 1.29 is 9.47 Å². The van der Waals surface area contributed by atoms with Crippen LogP contribution in [0.5, 0.6) is 0 Å². The molecule has 3 unspecified atom stereocenters. The quantitative estimate of drug-likeness (QED) is 0.552. The lowest BCUT2D eigenvalue weighted by Gasteiger charge is -2.40. The van der Waals surface area contributed by atoms with Gasteiger partial charge in [-0.25, -0.2) is 0 Å². The van der Waals surface area contributed by atoms with Crippen molar-refractivity contribution in [2.24, 2.45) is 17.7 Å². The average molecular weight is 226 g/mol. The van der Waals surface area contributed by atoms with E-state index >= 15 is 0 Å². The van der Waals surface area contributed by atoms with Crippen molar-refractivity contribution in [3.8, 4) is 0 Å². The summed E-state index contributed by atoms with van der Waals surface area (Å²) < 4.78 is 11.5. The van der Waals surface area contributed by atoms with Crippen LogP contribution in [0.1, 0.15) is 32.1 Å². The maximum atomic E-state index is 5.96. The summed E-state index contributed by atoms with van der Waals surface area (Å²) in [5, 5.41) is 0. The van der Waals surface area contributed by atoms with Crippen LogP contribution in [0, 0.1) is 11.8 Å². The van der Waals surface area contributed by atoms with Crippen LogP contribution < -0.4 is 11.3 Å². The zero-order chi connectivity index (χ0) is 11.0. The van der Waals surface area contributed by atoms with E-state index in [1.165, 1.54) is 12.8 Å². The normalized spacial score (nSPS) is 41.4. The van der Waals surface area contributed by atoms with Gasteiger partial charge in [0.25, 0.3) is 0 Å². The van der Waals surface area contributed by atoms with E-state index in [1.54, 1.807) is 0 Å². The zero-order valence-corrected chi connectivity index (χ0v) is 9.78. The highest BCUT2D eigenvalue weighted by atomic mass is 16.6. The molecule has 4 nitrogen and oxygen atoms in total. The molecular weight excluding hydrogens is 204 g/mol. The van der Waals surface area contributed by atoms with Crippen molar-refractivity contribution in [1.82, 2.24) is 5.43 Å². The van der Waals surface area contributed by atoms with Gasteiger partial charge in [-0.1, -0.05) is 0 Å². The van der Waals surface area contributed by atoms with Crippen LogP contribution in [0.25, 0.3) is 0 Å². The van der Waals surface area contributed by atoms with Crippen LogP contribution in [0.15, 0.2) is 0 Å². The second-order valence-electron chi connectivity index (χ2n) is 5.62. The molecule has 1 saturated carbocycles. The third-order valence-corrected chi connectivity index (χ3v) is 4.43. The van der Waals surface area contributed by atoms with Gasteiger partial charge in [-0.2, -0.15) is 0 Å². The Hall–Kier alpha value is -0.160. The van der Waals surface area contributed by atoms with Crippen molar-refractivity contribution >= 4 is 0 Å². The van der Waals surface area contributed by atoms with E-state index in [9.17, 15) is 0 Å². The van der Waals surface area contributed by atoms with Gasteiger partial charge in [-0.3, -0.25) is 11.3 Å². The summed E-state index contributed by atoms with van der Waals surface area (Å²) in [6.45, 7) is 2.52. The molecule has 0 aromatic carbocycles. The summed E-state index contributed by atoms with van der Waals surface area (Å²) in [6, 6.07) is 0.501. The molecule has 92 valence electrons. The molecule has 4 heteroatoms. The Balaban J connectivity index is 1.66. The third kappa shape index (κ3) is 1.99. The Bertz CT molecular complexity index is 249. The molecule has 3 N–H and O–H groups in total. The van der Waals surface area contributed by atoms with Crippen LogP contribution in [0.4, 0.5) is 0 Å². The highest BCUT2D eigenvalue weighted by Gasteiger charge is 2.45. The summed E-state index contributed by atoms with van der Waals surface area (Å²) in [5.74, 6) is 7.20. The Kier molecular flexibility index (Phi) is 2.92. The molecule has 3 aliphatic rings. The smallest absolute Gasteiger partial charge is 0.0939 e. The van der Waals surface area contributed by atoms with E-state index < -0.39 is 0 Å². The van der Waals surface area contributed by atoms with Crippen LogP contribution in [-0.4, -0.2) is 31.5 Å². The molecule has 1 aliphatic carbocycles. The molecule has 1 spiro atoms. The van der Waals surface area contributed by atoms with E-state index in [4.69, 9.17) is 15.3 Å². The highest BCUT2D eigenvalue weighted by molar-refractivity contribution is 4.97. The minimum Gasteiger partial charge on any atom is -0.378 e. The maximum Gasteiger partial charge on any atom is 0.0939 e. The van der Waals surface area contributed by atoms with E-state index in [2.05, 4.69) is 5.43 Å². The van der Waals surface area contributed by atoms with Gasteiger partial charge in [0.15, 0.2) is 0 Å². The Morgan fingerprint density at radius 3 is 2.69 bits per heavy atom. The second kappa shape index (κ2) is 4.26. The van der Waals surface area contributed by atoms with Gasteiger partial charge in [-0.05, 0) is 37.5 Å². The Morgan fingerprint density at radius 1 is 1.19 bits per heavy atom. The second-order valence-corrected chi connectivity index (χ2v) is 5.62. The van der Waals surface area contributed by atoms with E-state index in [-0.39, 0.29) is 5.60 Å². The van der Waals surface area contributed by atoms with Crippen LogP contribution in [0.3, 0.4) is 0 Å². The first-order chi connectivity index (χ1) is 7.83. The summed E-state index contributed by atoms with van der Waals surface area (Å²) in [6.07, 6.45) is 6.02. The predicted octanol–water partition coefficient (Wildman–Crippen LogP) is 0.814. The molecule has 0 aromatic heterocycles. The molecular formula is C12H22N2O2. The number of nitrogens with one attached hydrogen (secondary N) is 1. The van der Waals surface area contributed by atoms with Crippen LogP contribution in [0.2, 0.25) is 0 Å². The fourth-order valence-corrected chi connectivity index (χ4v) is 3.35. The standard InChI is InChI=1S/C12H22N2O2/c13-14-11(9-1-2-9)10-3-5-16-12(7-10)4-6-15-8-12/h9-11,14H,1-8,13H2.